The van der Waals surface area contributed by atoms with Crippen LogP contribution < -0.4 is 5.73 Å². The molecule has 1 aromatic carbocycles. The quantitative estimate of drug-likeness (QED) is 0.870. The molecular weight excluding hydrogens is 263 g/mol. The van der Waals surface area contributed by atoms with Crippen LogP contribution in [0.25, 0.3) is 10.9 Å². The Morgan fingerprint density at radius 1 is 1.32 bits per heavy atom. The van der Waals surface area contributed by atoms with Gasteiger partial charge in [-0.3, -0.25) is 4.79 Å². The smallest absolute Gasteiger partial charge is 0.418 e. The van der Waals surface area contributed by atoms with Gasteiger partial charge in [-0.05, 0) is 6.07 Å². The molecule has 0 aliphatic heterocycles. The molecule has 1 heterocycles. The maximum Gasteiger partial charge on any atom is 0.418 e. The Balaban J connectivity index is 2.77. The molecule has 19 heavy (non-hydrogen) atoms. The van der Waals surface area contributed by atoms with Crippen LogP contribution in [0, 0.1) is 0 Å². The molecule has 0 amide bonds. The van der Waals surface area contributed by atoms with Gasteiger partial charge in [-0.25, -0.2) is 9.97 Å². The Hall–Kier alpha value is -2.38. The third-order valence-corrected chi connectivity index (χ3v) is 2.45. The summed E-state index contributed by atoms with van der Waals surface area (Å²) < 4.78 is 38.5. The Bertz CT molecular complexity index is 655. The minimum Gasteiger partial charge on any atom is -0.481 e. The molecule has 0 fully saturated rings. The van der Waals surface area contributed by atoms with E-state index in [1.807, 2.05) is 0 Å². The maximum atomic E-state index is 12.8. The number of fused-ring (bicyclic) bond motifs is 1. The first-order valence-electron chi connectivity index (χ1n) is 5.13. The summed E-state index contributed by atoms with van der Waals surface area (Å²) in [5.41, 5.74) is 3.93. The van der Waals surface area contributed by atoms with Crippen LogP contribution in [0.2, 0.25) is 0 Å². The summed E-state index contributed by atoms with van der Waals surface area (Å²) in [6.07, 6.45) is -5.12. The molecule has 0 atom stereocenters. The molecule has 2 rings (SSSR count). The van der Waals surface area contributed by atoms with Crippen molar-refractivity contribution in [3.8, 4) is 0 Å². The number of nitrogens with two attached hydrogens (primary N) is 1. The topological polar surface area (TPSA) is 89.1 Å². The molecule has 0 aliphatic carbocycles. The van der Waals surface area contributed by atoms with Crippen molar-refractivity contribution in [2.75, 3.05) is 5.73 Å². The molecular formula is C11H8F3N3O2. The van der Waals surface area contributed by atoms with Gasteiger partial charge in [-0.2, -0.15) is 13.2 Å². The standard InChI is InChI=1S/C11H8F3N3O2/c12-11(13,14)6-3-1-2-5-7(4-8(18)19)16-10(15)17-9(5)6/h1-3H,4H2,(H,18,19)(H2,15,16,17). The van der Waals surface area contributed by atoms with Gasteiger partial charge in [0.25, 0.3) is 0 Å². The fourth-order valence-electron chi connectivity index (χ4n) is 1.74. The molecule has 0 aliphatic rings. The number of aliphatic carboxylic acids is 1. The maximum absolute atomic E-state index is 12.8. The number of anilines is 1. The van der Waals surface area contributed by atoms with E-state index in [1.54, 1.807) is 0 Å². The predicted octanol–water partition coefficient (Wildman–Crippen LogP) is 1.86. The monoisotopic (exact) mass is 271 g/mol. The van der Waals surface area contributed by atoms with Crippen molar-refractivity contribution in [3.63, 3.8) is 0 Å². The second kappa shape index (κ2) is 4.38. The van der Waals surface area contributed by atoms with E-state index >= 15 is 0 Å². The zero-order valence-electron chi connectivity index (χ0n) is 9.40. The highest BCUT2D eigenvalue weighted by Crippen LogP contribution is 2.34. The number of carboxylic acid groups (broad SMARTS) is 1. The second-order valence-corrected chi connectivity index (χ2v) is 3.80. The van der Waals surface area contributed by atoms with Crippen LogP contribution in [0.15, 0.2) is 18.2 Å². The average Bonchev–Trinajstić information content (AvgIpc) is 2.25. The highest BCUT2D eigenvalue weighted by Gasteiger charge is 2.33. The lowest BCUT2D eigenvalue weighted by atomic mass is 10.1. The number of carboxylic acids is 1. The lowest BCUT2D eigenvalue weighted by molar-refractivity contribution is -0.137. The van der Waals surface area contributed by atoms with Gasteiger partial charge in [0.1, 0.15) is 0 Å². The van der Waals surface area contributed by atoms with E-state index in [9.17, 15) is 18.0 Å². The summed E-state index contributed by atoms with van der Waals surface area (Å²) in [5.74, 6) is -1.60. The first-order valence-corrected chi connectivity index (χ1v) is 5.13. The number of para-hydroxylation sites is 1. The third-order valence-electron chi connectivity index (χ3n) is 2.45. The van der Waals surface area contributed by atoms with Gasteiger partial charge in [0.2, 0.25) is 5.95 Å². The highest BCUT2D eigenvalue weighted by atomic mass is 19.4. The minimum absolute atomic E-state index is 0.0337. The number of aromatic nitrogens is 2. The molecule has 0 saturated carbocycles. The Morgan fingerprint density at radius 2 is 2.00 bits per heavy atom. The zero-order valence-corrected chi connectivity index (χ0v) is 9.40. The van der Waals surface area contributed by atoms with Crippen molar-refractivity contribution in [1.29, 1.82) is 0 Å². The molecule has 3 N–H and O–H groups in total. The van der Waals surface area contributed by atoms with Gasteiger partial charge in [0.15, 0.2) is 0 Å². The van der Waals surface area contributed by atoms with Crippen molar-refractivity contribution >= 4 is 22.8 Å². The summed E-state index contributed by atoms with van der Waals surface area (Å²) >= 11 is 0. The fourth-order valence-corrected chi connectivity index (χ4v) is 1.74. The van der Waals surface area contributed by atoms with E-state index in [0.717, 1.165) is 6.07 Å². The van der Waals surface area contributed by atoms with Gasteiger partial charge >= 0.3 is 12.1 Å². The summed E-state index contributed by atoms with van der Waals surface area (Å²) in [5, 5.41) is 8.76. The Labute approximate surface area is 104 Å². The summed E-state index contributed by atoms with van der Waals surface area (Å²) in [6, 6.07) is 3.37. The van der Waals surface area contributed by atoms with Crippen molar-refractivity contribution in [1.82, 2.24) is 9.97 Å². The normalized spacial score (nSPS) is 11.7. The van der Waals surface area contributed by atoms with Gasteiger partial charge < -0.3 is 10.8 Å². The van der Waals surface area contributed by atoms with E-state index in [2.05, 4.69) is 9.97 Å². The van der Waals surface area contributed by atoms with Crippen LogP contribution in [-0.4, -0.2) is 21.0 Å². The zero-order chi connectivity index (χ0) is 14.2. The molecule has 0 spiro atoms. The van der Waals surface area contributed by atoms with Crippen molar-refractivity contribution in [2.45, 2.75) is 12.6 Å². The van der Waals surface area contributed by atoms with Crippen LogP contribution in [0.4, 0.5) is 19.1 Å². The van der Waals surface area contributed by atoms with Gasteiger partial charge in [-0.1, -0.05) is 12.1 Å². The average molecular weight is 271 g/mol. The van der Waals surface area contributed by atoms with Crippen LogP contribution >= 0.6 is 0 Å². The molecule has 8 heteroatoms. The third kappa shape index (κ3) is 2.56. The number of rotatable bonds is 2. The molecule has 100 valence electrons. The van der Waals surface area contributed by atoms with Crippen LogP contribution in [0.1, 0.15) is 11.3 Å². The first kappa shape index (κ1) is 13.1. The van der Waals surface area contributed by atoms with E-state index in [0.29, 0.717) is 0 Å². The number of nitrogen functional groups attached to an aromatic ring is 1. The van der Waals surface area contributed by atoms with E-state index in [-0.39, 0.29) is 17.0 Å². The minimum atomic E-state index is -4.60. The van der Waals surface area contributed by atoms with Crippen LogP contribution in [0.3, 0.4) is 0 Å². The Morgan fingerprint density at radius 3 is 2.58 bits per heavy atom. The van der Waals surface area contributed by atoms with Crippen LogP contribution in [-0.2, 0) is 17.4 Å². The lowest BCUT2D eigenvalue weighted by Crippen LogP contribution is -2.11. The van der Waals surface area contributed by atoms with Crippen molar-refractivity contribution < 1.29 is 23.1 Å². The largest absolute Gasteiger partial charge is 0.481 e. The number of halogens is 3. The molecule has 0 bridgehead atoms. The molecule has 5 nitrogen and oxygen atoms in total. The number of hydrogen-bond acceptors (Lipinski definition) is 4. The molecule has 0 unspecified atom stereocenters. The van der Waals surface area contributed by atoms with E-state index < -0.39 is 29.6 Å². The first-order chi connectivity index (χ1) is 8.79. The molecule has 0 radical (unpaired) electrons. The molecule has 0 saturated heterocycles. The van der Waals surface area contributed by atoms with Crippen molar-refractivity contribution in [2.24, 2.45) is 0 Å². The summed E-state index contributed by atoms with van der Waals surface area (Å²) in [7, 11) is 0. The van der Waals surface area contributed by atoms with Gasteiger partial charge in [0.05, 0.1) is 23.2 Å². The van der Waals surface area contributed by atoms with Crippen molar-refractivity contribution in [3.05, 3.63) is 29.5 Å². The van der Waals surface area contributed by atoms with Gasteiger partial charge in [0, 0.05) is 5.39 Å². The summed E-state index contributed by atoms with van der Waals surface area (Å²) in [6.45, 7) is 0. The molecule has 2 aromatic rings. The number of hydrogen-bond donors (Lipinski definition) is 2. The SMILES string of the molecule is Nc1nc(CC(=O)O)c2cccc(C(F)(F)F)c2n1. The fraction of sp³-hybridized carbons (Fsp3) is 0.182. The highest BCUT2D eigenvalue weighted by molar-refractivity contribution is 5.88. The van der Waals surface area contributed by atoms with E-state index in [4.69, 9.17) is 10.8 Å². The number of benzene rings is 1. The second-order valence-electron chi connectivity index (χ2n) is 3.80. The van der Waals surface area contributed by atoms with Gasteiger partial charge in [-0.15, -0.1) is 0 Å². The number of carbonyl (C=O) groups is 1. The van der Waals surface area contributed by atoms with Crippen LogP contribution in [0.5, 0.6) is 0 Å². The number of alkyl halides is 3. The molecule has 1 aromatic heterocycles. The lowest BCUT2D eigenvalue weighted by Gasteiger charge is -2.11. The number of nitrogens with zero attached hydrogens (tertiary/aromatic N) is 2. The van der Waals surface area contributed by atoms with E-state index in [1.165, 1.54) is 12.1 Å². The predicted molar refractivity (Wildman–Crippen MR) is 60.3 cm³/mol. The Kier molecular flexibility index (Phi) is 3.01. The summed E-state index contributed by atoms with van der Waals surface area (Å²) in [4.78, 5) is 17.9.